The maximum atomic E-state index is 13.8. The van der Waals surface area contributed by atoms with Crippen LogP contribution in [0.1, 0.15) is 47.0 Å². The molecule has 152 valence electrons. The van der Waals surface area contributed by atoms with Crippen LogP contribution < -0.4 is 15.4 Å². The average molecular weight is 379 g/mol. The predicted octanol–water partition coefficient (Wildman–Crippen LogP) is 3.41. The van der Waals surface area contributed by atoms with Crippen LogP contribution in [0.3, 0.4) is 0 Å². The van der Waals surface area contributed by atoms with Gasteiger partial charge in [-0.1, -0.05) is 19.1 Å². The molecule has 1 unspecified atom stereocenters. The fraction of sp³-hybridized carbons (Fsp3) is 0.667. The van der Waals surface area contributed by atoms with Crippen LogP contribution in [0.2, 0.25) is 0 Å². The van der Waals surface area contributed by atoms with Crippen molar-refractivity contribution in [3.05, 3.63) is 30.1 Å². The van der Waals surface area contributed by atoms with E-state index in [1.165, 1.54) is 6.07 Å². The molecule has 1 heterocycles. The fourth-order valence-corrected chi connectivity index (χ4v) is 3.24. The molecule has 27 heavy (non-hydrogen) atoms. The number of benzene rings is 1. The Kier molecular flexibility index (Phi) is 8.85. The highest BCUT2D eigenvalue weighted by molar-refractivity contribution is 5.80. The number of guanidine groups is 1. The van der Waals surface area contributed by atoms with Gasteiger partial charge in [-0.3, -0.25) is 0 Å². The first kappa shape index (κ1) is 21.5. The van der Waals surface area contributed by atoms with Crippen LogP contribution in [0.5, 0.6) is 5.75 Å². The number of likely N-dealkylation sites (tertiary alicyclic amines) is 1. The number of hydrogen-bond acceptors (Lipinski definition) is 3. The lowest BCUT2D eigenvalue weighted by molar-refractivity contribution is 0.167. The second-order valence-corrected chi connectivity index (χ2v) is 7.35. The summed E-state index contributed by atoms with van der Waals surface area (Å²) >= 11 is 0. The summed E-state index contributed by atoms with van der Waals surface area (Å²) in [5.74, 6) is 0.775. The van der Waals surface area contributed by atoms with Crippen LogP contribution in [0, 0.1) is 5.82 Å². The standard InChI is InChI=1S/C21H35FN4O/c1-5-18(27-20-10-8-7-9-19(20)22)15-24-21(23-6-2)25-17-11-13-26(14-12-17)16(3)4/h7-10,16-18H,5-6,11-15H2,1-4H3,(H2,23,24,25). The quantitative estimate of drug-likeness (QED) is 0.538. The summed E-state index contributed by atoms with van der Waals surface area (Å²) < 4.78 is 19.6. The van der Waals surface area contributed by atoms with Crippen LogP contribution in [0.4, 0.5) is 4.39 Å². The zero-order chi connectivity index (χ0) is 19.6. The van der Waals surface area contributed by atoms with Crippen molar-refractivity contribution in [1.82, 2.24) is 15.5 Å². The Balaban J connectivity index is 1.90. The lowest BCUT2D eigenvalue weighted by Gasteiger charge is -2.35. The highest BCUT2D eigenvalue weighted by atomic mass is 19.1. The molecule has 1 aromatic rings. The van der Waals surface area contributed by atoms with E-state index in [2.05, 4.69) is 36.3 Å². The second kappa shape index (κ2) is 11.1. The molecule has 1 saturated heterocycles. The molecule has 1 aromatic carbocycles. The van der Waals surface area contributed by atoms with E-state index >= 15 is 0 Å². The van der Waals surface area contributed by atoms with Crippen LogP contribution in [-0.2, 0) is 0 Å². The molecule has 0 aromatic heterocycles. The summed E-state index contributed by atoms with van der Waals surface area (Å²) in [6.45, 7) is 12.1. The molecular weight excluding hydrogens is 343 g/mol. The Morgan fingerprint density at radius 2 is 1.96 bits per heavy atom. The van der Waals surface area contributed by atoms with E-state index in [1.807, 2.05) is 6.92 Å². The first-order chi connectivity index (χ1) is 13.0. The minimum atomic E-state index is -0.332. The van der Waals surface area contributed by atoms with Gasteiger partial charge < -0.3 is 20.3 Å². The van der Waals surface area contributed by atoms with E-state index in [4.69, 9.17) is 9.73 Å². The smallest absolute Gasteiger partial charge is 0.191 e. The Labute approximate surface area is 163 Å². The number of rotatable bonds is 8. The van der Waals surface area contributed by atoms with Crippen LogP contribution >= 0.6 is 0 Å². The SMILES string of the molecule is CCNC(=NCC(CC)Oc1ccccc1F)NC1CCN(C(C)C)CC1. The van der Waals surface area contributed by atoms with Crippen LogP contribution in [0.25, 0.3) is 0 Å². The van der Waals surface area contributed by atoms with E-state index < -0.39 is 0 Å². The second-order valence-electron chi connectivity index (χ2n) is 7.35. The maximum absolute atomic E-state index is 13.8. The van der Waals surface area contributed by atoms with Gasteiger partial charge in [-0.05, 0) is 52.2 Å². The van der Waals surface area contributed by atoms with Gasteiger partial charge in [0.25, 0.3) is 0 Å². The molecule has 0 amide bonds. The summed E-state index contributed by atoms with van der Waals surface area (Å²) in [7, 11) is 0. The molecule has 0 spiro atoms. The van der Waals surface area contributed by atoms with Gasteiger partial charge in [-0.25, -0.2) is 9.38 Å². The van der Waals surface area contributed by atoms with Gasteiger partial charge in [0.05, 0.1) is 6.54 Å². The highest BCUT2D eigenvalue weighted by Crippen LogP contribution is 2.18. The third kappa shape index (κ3) is 7.01. The van der Waals surface area contributed by atoms with Crippen molar-refractivity contribution in [2.75, 3.05) is 26.2 Å². The monoisotopic (exact) mass is 378 g/mol. The molecule has 0 aliphatic carbocycles. The number of halogens is 1. The summed E-state index contributed by atoms with van der Waals surface area (Å²) in [6.07, 6.45) is 2.85. The molecule has 1 aliphatic heterocycles. The van der Waals surface area contributed by atoms with E-state index in [-0.39, 0.29) is 11.9 Å². The minimum absolute atomic E-state index is 0.153. The van der Waals surface area contributed by atoms with E-state index in [1.54, 1.807) is 18.2 Å². The highest BCUT2D eigenvalue weighted by Gasteiger charge is 2.21. The molecule has 5 nitrogen and oxygen atoms in total. The van der Waals surface area contributed by atoms with Crippen molar-refractivity contribution < 1.29 is 9.13 Å². The van der Waals surface area contributed by atoms with Crippen LogP contribution in [-0.4, -0.2) is 55.2 Å². The average Bonchev–Trinajstić information content (AvgIpc) is 2.67. The third-order valence-corrected chi connectivity index (χ3v) is 4.98. The molecule has 1 atom stereocenters. The number of para-hydroxylation sites is 1. The Morgan fingerprint density at radius 1 is 1.26 bits per heavy atom. The lowest BCUT2D eigenvalue weighted by Crippen LogP contribution is -2.50. The molecule has 6 heteroatoms. The van der Waals surface area contributed by atoms with Crippen molar-refractivity contribution >= 4 is 5.96 Å². The number of piperidine rings is 1. The van der Waals surface area contributed by atoms with Gasteiger partial charge in [-0.15, -0.1) is 0 Å². The van der Waals surface area contributed by atoms with Gasteiger partial charge in [0.1, 0.15) is 6.10 Å². The summed E-state index contributed by atoms with van der Waals surface area (Å²) in [6, 6.07) is 7.57. The van der Waals surface area contributed by atoms with E-state index in [9.17, 15) is 4.39 Å². The molecular formula is C21H35FN4O. The molecule has 0 bridgehead atoms. The third-order valence-electron chi connectivity index (χ3n) is 4.98. The molecule has 0 saturated carbocycles. The summed E-state index contributed by atoms with van der Waals surface area (Å²) in [5.41, 5.74) is 0. The normalized spacial score (nSPS) is 17.8. The topological polar surface area (TPSA) is 48.9 Å². The Hall–Kier alpha value is -1.82. The number of aliphatic imine (C=N–C) groups is 1. The van der Waals surface area contributed by atoms with Gasteiger partial charge in [0.15, 0.2) is 17.5 Å². The summed E-state index contributed by atoms with van der Waals surface area (Å²) in [5, 5.41) is 6.87. The van der Waals surface area contributed by atoms with E-state index in [0.717, 1.165) is 44.9 Å². The Bertz CT molecular complexity index is 585. The molecule has 2 N–H and O–H groups in total. The van der Waals surface area contributed by atoms with Crippen molar-refractivity contribution in [2.24, 2.45) is 4.99 Å². The van der Waals surface area contributed by atoms with E-state index in [0.29, 0.717) is 24.4 Å². The Morgan fingerprint density at radius 3 is 2.56 bits per heavy atom. The van der Waals surface area contributed by atoms with Gasteiger partial charge in [0.2, 0.25) is 0 Å². The van der Waals surface area contributed by atoms with Crippen molar-refractivity contribution in [1.29, 1.82) is 0 Å². The predicted molar refractivity (Wildman–Crippen MR) is 110 cm³/mol. The fourth-order valence-electron chi connectivity index (χ4n) is 3.24. The first-order valence-corrected chi connectivity index (χ1v) is 10.2. The number of nitrogens with one attached hydrogen (secondary N) is 2. The van der Waals surface area contributed by atoms with Crippen molar-refractivity contribution in [3.63, 3.8) is 0 Å². The minimum Gasteiger partial charge on any atom is -0.485 e. The van der Waals surface area contributed by atoms with Gasteiger partial charge in [-0.2, -0.15) is 0 Å². The number of nitrogens with zero attached hydrogens (tertiary/aromatic N) is 2. The molecule has 2 rings (SSSR count). The van der Waals surface area contributed by atoms with Gasteiger partial charge >= 0.3 is 0 Å². The molecule has 1 aliphatic rings. The van der Waals surface area contributed by atoms with Crippen molar-refractivity contribution in [3.8, 4) is 5.75 Å². The number of ether oxygens (including phenoxy) is 1. The first-order valence-electron chi connectivity index (χ1n) is 10.2. The molecule has 1 fully saturated rings. The zero-order valence-corrected chi connectivity index (χ0v) is 17.2. The lowest BCUT2D eigenvalue weighted by atomic mass is 10.0. The number of hydrogen-bond donors (Lipinski definition) is 2. The van der Waals surface area contributed by atoms with Gasteiger partial charge in [0, 0.05) is 31.7 Å². The maximum Gasteiger partial charge on any atom is 0.191 e. The largest absolute Gasteiger partial charge is 0.485 e. The molecule has 0 radical (unpaired) electrons. The zero-order valence-electron chi connectivity index (χ0n) is 17.2. The van der Waals surface area contributed by atoms with Crippen molar-refractivity contribution in [2.45, 2.75) is 65.1 Å². The van der Waals surface area contributed by atoms with Crippen LogP contribution in [0.15, 0.2) is 29.3 Å². The summed E-state index contributed by atoms with van der Waals surface area (Å²) in [4.78, 5) is 7.20.